The molecule has 3 unspecified atom stereocenters. The largest absolute Gasteiger partial charge is 0.488 e. The first-order valence-electron chi connectivity index (χ1n) is 6.03. The first-order chi connectivity index (χ1) is 7.66. The summed E-state index contributed by atoms with van der Waals surface area (Å²) in [4.78, 5) is 3.96. The lowest BCUT2D eigenvalue weighted by molar-refractivity contribution is 0.101. The fraction of sp³-hybridized carbons (Fsp3) is 0.615. The average Bonchev–Trinajstić information content (AvgIpc) is 2.27. The van der Waals surface area contributed by atoms with Crippen LogP contribution in [0.1, 0.15) is 33.1 Å². The summed E-state index contributed by atoms with van der Waals surface area (Å²) in [6.07, 6.45) is 7.19. The maximum absolute atomic E-state index is 5.94. The average molecular weight is 220 g/mol. The number of aromatic nitrogens is 1. The van der Waals surface area contributed by atoms with Crippen molar-refractivity contribution in [2.75, 3.05) is 5.73 Å². The standard InChI is InChI=1S/C13H20N2O/c1-9-3-4-11(7-10(9)2)16-13-5-6-15-8-12(13)14/h5-6,8-11H,3-4,7,14H2,1-2H3. The number of hydrogen-bond acceptors (Lipinski definition) is 3. The van der Waals surface area contributed by atoms with Gasteiger partial charge in [0.1, 0.15) is 5.75 Å². The summed E-state index contributed by atoms with van der Waals surface area (Å²) >= 11 is 0. The van der Waals surface area contributed by atoms with Crippen molar-refractivity contribution in [1.29, 1.82) is 0 Å². The van der Waals surface area contributed by atoms with E-state index in [1.807, 2.05) is 6.07 Å². The number of pyridine rings is 1. The van der Waals surface area contributed by atoms with Gasteiger partial charge in [-0.25, -0.2) is 0 Å². The number of ether oxygens (including phenoxy) is 1. The Bertz CT molecular complexity index is 354. The molecule has 0 aliphatic heterocycles. The van der Waals surface area contributed by atoms with Crippen molar-refractivity contribution in [2.24, 2.45) is 11.8 Å². The minimum atomic E-state index is 0.316. The van der Waals surface area contributed by atoms with Gasteiger partial charge in [-0.3, -0.25) is 4.98 Å². The third-order valence-electron chi connectivity index (χ3n) is 3.65. The molecule has 0 radical (unpaired) electrons. The Morgan fingerprint density at radius 3 is 2.81 bits per heavy atom. The fourth-order valence-corrected chi connectivity index (χ4v) is 2.29. The van der Waals surface area contributed by atoms with Gasteiger partial charge in [-0.15, -0.1) is 0 Å². The molecule has 3 nitrogen and oxygen atoms in total. The van der Waals surface area contributed by atoms with Crippen molar-refractivity contribution >= 4 is 5.69 Å². The lowest BCUT2D eigenvalue weighted by atomic mass is 9.80. The molecule has 3 atom stereocenters. The normalized spacial score (nSPS) is 30.0. The smallest absolute Gasteiger partial charge is 0.145 e. The molecule has 2 rings (SSSR count). The van der Waals surface area contributed by atoms with Crippen molar-refractivity contribution in [2.45, 2.75) is 39.2 Å². The number of nitrogen functional groups attached to an aromatic ring is 1. The predicted molar refractivity (Wildman–Crippen MR) is 65.2 cm³/mol. The summed E-state index contributed by atoms with van der Waals surface area (Å²) in [7, 11) is 0. The van der Waals surface area contributed by atoms with Gasteiger partial charge in [0, 0.05) is 12.3 Å². The van der Waals surface area contributed by atoms with Gasteiger partial charge in [0.05, 0.1) is 18.0 Å². The maximum atomic E-state index is 5.94. The zero-order valence-electron chi connectivity index (χ0n) is 10.0. The minimum Gasteiger partial charge on any atom is -0.488 e. The van der Waals surface area contributed by atoms with Crippen molar-refractivity contribution in [3.63, 3.8) is 0 Å². The summed E-state index contributed by atoms with van der Waals surface area (Å²) in [5, 5.41) is 0. The van der Waals surface area contributed by atoms with Gasteiger partial charge >= 0.3 is 0 Å². The summed E-state index contributed by atoms with van der Waals surface area (Å²) in [6.45, 7) is 4.62. The Balaban J connectivity index is 1.98. The second kappa shape index (κ2) is 4.73. The van der Waals surface area contributed by atoms with Crippen molar-refractivity contribution in [3.05, 3.63) is 18.5 Å². The van der Waals surface area contributed by atoms with Crippen LogP contribution in [-0.2, 0) is 0 Å². The lowest BCUT2D eigenvalue weighted by Crippen LogP contribution is -2.29. The molecule has 1 aromatic heterocycles. The van der Waals surface area contributed by atoms with Gasteiger partial charge in [-0.05, 0) is 31.1 Å². The number of anilines is 1. The Morgan fingerprint density at radius 2 is 2.12 bits per heavy atom. The van der Waals surface area contributed by atoms with Crippen LogP contribution in [0.2, 0.25) is 0 Å². The molecule has 1 aliphatic rings. The molecular formula is C13H20N2O. The Labute approximate surface area is 97.0 Å². The van der Waals surface area contributed by atoms with Gasteiger partial charge in [0.25, 0.3) is 0 Å². The second-order valence-electron chi connectivity index (χ2n) is 4.92. The van der Waals surface area contributed by atoms with E-state index < -0.39 is 0 Å². The van der Waals surface area contributed by atoms with Crippen molar-refractivity contribution < 1.29 is 4.74 Å². The van der Waals surface area contributed by atoms with Crippen LogP contribution < -0.4 is 10.5 Å². The highest BCUT2D eigenvalue weighted by molar-refractivity contribution is 5.49. The number of hydrogen-bond donors (Lipinski definition) is 1. The molecule has 0 bridgehead atoms. The van der Waals surface area contributed by atoms with Gasteiger partial charge in [0.15, 0.2) is 0 Å². The molecule has 1 heterocycles. The van der Waals surface area contributed by atoms with E-state index in [9.17, 15) is 0 Å². The van der Waals surface area contributed by atoms with Crippen LogP contribution in [-0.4, -0.2) is 11.1 Å². The quantitative estimate of drug-likeness (QED) is 0.833. The summed E-state index contributed by atoms with van der Waals surface area (Å²) in [5.41, 5.74) is 6.45. The van der Waals surface area contributed by atoms with Crippen LogP contribution in [0.25, 0.3) is 0 Å². The number of nitrogens with zero attached hydrogens (tertiary/aromatic N) is 1. The third kappa shape index (κ3) is 2.46. The fourth-order valence-electron chi connectivity index (χ4n) is 2.29. The van der Waals surface area contributed by atoms with E-state index in [0.717, 1.165) is 30.4 Å². The van der Waals surface area contributed by atoms with Gasteiger partial charge in [-0.2, -0.15) is 0 Å². The highest BCUT2D eigenvalue weighted by atomic mass is 16.5. The van der Waals surface area contributed by atoms with E-state index in [4.69, 9.17) is 10.5 Å². The van der Waals surface area contributed by atoms with Crippen LogP contribution in [0.4, 0.5) is 5.69 Å². The van der Waals surface area contributed by atoms with Crippen LogP contribution in [0.3, 0.4) is 0 Å². The summed E-state index contributed by atoms with van der Waals surface area (Å²) in [6, 6.07) is 1.85. The summed E-state index contributed by atoms with van der Waals surface area (Å²) in [5.74, 6) is 2.33. The topological polar surface area (TPSA) is 48.1 Å². The molecule has 0 amide bonds. The number of nitrogens with two attached hydrogens (primary N) is 1. The molecule has 1 aliphatic carbocycles. The lowest BCUT2D eigenvalue weighted by Gasteiger charge is -2.32. The molecule has 1 fully saturated rings. The van der Waals surface area contributed by atoms with Crippen molar-refractivity contribution in [3.8, 4) is 5.75 Å². The van der Waals surface area contributed by atoms with Gasteiger partial charge in [-0.1, -0.05) is 13.8 Å². The van der Waals surface area contributed by atoms with E-state index in [2.05, 4.69) is 18.8 Å². The highest BCUT2D eigenvalue weighted by Gasteiger charge is 2.25. The second-order valence-corrected chi connectivity index (χ2v) is 4.92. The zero-order valence-corrected chi connectivity index (χ0v) is 10.0. The number of rotatable bonds is 2. The van der Waals surface area contributed by atoms with Crippen LogP contribution >= 0.6 is 0 Å². The molecule has 1 saturated carbocycles. The Morgan fingerprint density at radius 1 is 1.31 bits per heavy atom. The first kappa shape index (κ1) is 11.2. The molecule has 1 aromatic rings. The molecule has 88 valence electrons. The van der Waals surface area contributed by atoms with E-state index >= 15 is 0 Å². The van der Waals surface area contributed by atoms with Gasteiger partial charge < -0.3 is 10.5 Å². The van der Waals surface area contributed by atoms with E-state index in [-0.39, 0.29) is 0 Å². The minimum absolute atomic E-state index is 0.316. The SMILES string of the molecule is CC1CCC(Oc2ccncc2N)CC1C. The van der Waals surface area contributed by atoms with E-state index in [1.165, 1.54) is 6.42 Å². The van der Waals surface area contributed by atoms with Crippen LogP contribution in [0, 0.1) is 11.8 Å². The predicted octanol–water partition coefficient (Wildman–Crippen LogP) is 2.87. The van der Waals surface area contributed by atoms with Crippen LogP contribution in [0.5, 0.6) is 5.75 Å². The zero-order chi connectivity index (χ0) is 11.5. The summed E-state index contributed by atoms with van der Waals surface area (Å²) < 4.78 is 5.94. The van der Waals surface area contributed by atoms with Gasteiger partial charge in [0.2, 0.25) is 0 Å². The van der Waals surface area contributed by atoms with E-state index in [0.29, 0.717) is 11.8 Å². The molecular weight excluding hydrogens is 200 g/mol. The molecule has 16 heavy (non-hydrogen) atoms. The Kier molecular flexibility index (Phi) is 3.32. The Hall–Kier alpha value is -1.25. The highest BCUT2D eigenvalue weighted by Crippen LogP contribution is 2.32. The molecule has 0 saturated heterocycles. The van der Waals surface area contributed by atoms with E-state index in [1.54, 1.807) is 12.4 Å². The van der Waals surface area contributed by atoms with Crippen molar-refractivity contribution in [1.82, 2.24) is 4.98 Å². The monoisotopic (exact) mass is 220 g/mol. The van der Waals surface area contributed by atoms with Crippen LogP contribution in [0.15, 0.2) is 18.5 Å². The molecule has 0 spiro atoms. The first-order valence-corrected chi connectivity index (χ1v) is 6.03. The molecule has 3 heteroatoms. The maximum Gasteiger partial charge on any atom is 0.145 e. The molecule has 2 N–H and O–H groups in total. The third-order valence-corrected chi connectivity index (χ3v) is 3.65. The molecule has 0 aromatic carbocycles.